The quantitative estimate of drug-likeness (QED) is 0.260. The summed E-state index contributed by atoms with van der Waals surface area (Å²) in [5, 5.41) is 0. The van der Waals surface area contributed by atoms with Crippen LogP contribution in [0.2, 0.25) is 0 Å². The van der Waals surface area contributed by atoms with Gasteiger partial charge in [0.1, 0.15) is 5.52 Å². The third kappa shape index (κ3) is 5.20. The molecule has 39 heavy (non-hydrogen) atoms. The molecule has 0 N–H and O–H groups in total. The number of piperazine rings is 1. The van der Waals surface area contributed by atoms with E-state index in [9.17, 15) is 4.79 Å². The van der Waals surface area contributed by atoms with Crippen LogP contribution in [0.5, 0.6) is 5.88 Å². The van der Waals surface area contributed by atoms with Gasteiger partial charge in [0.15, 0.2) is 5.65 Å². The van der Waals surface area contributed by atoms with E-state index in [1.165, 1.54) is 11.1 Å². The minimum absolute atomic E-state index is 0.0287. The zero-order valence-electron chi connectivity index (χ0n) is 22.4. The molecule has 4 heterocycles. The van der Waals surface area contributed by atoms with Crippen LogP contribution in [-0.2, 0) is 6.54 Å². The standard InChI is InChI=1S/C32H35N5O2/c1-39-29-17-16-27-31(33-29)36-20-10-15-28(36)32(38)37(27)19-9-8-18-34-21-23-35(24-22-34)30(25-11-4-2-5-12-25)26-13-6-3-7-14-26/h2-7,10-17,20,30H,8-9,18-19,21-24H2,1H3. The van der Waals surface area contributed by atoms with Crippen LogP contribution < -0.4 is 10.3 Å². The van der Waals surface area contributed by atoms with Crippen molar-refractivity contribution in [3.8, 4) is 5.88 Å². The van der Waals surface area contributed by atoms with Gasteiger partial charge < -0.3 is 14.2 Å². The van der Waals surface area contributed by atoms with Gasteiger partial charge in [0.2, 0.25) is 5.88 Å². The maximum Gasteiger partial charge on any atom is 0.275 e. The van der Waals surface area contributed by atoms with Crippen LogP contribution in [0.3, 0.4) is 0 Å². The Labute approximate surface area is 228 Å². The van der Waals surface area contributed by atoms with Crippen LogP contribution in [0, 0.1) is 0 Å². The second kappa shape index (κ2) is 11.4. The fourth-order valence-corrected chi connectivity index (χ4v) is 5.87. The monoisotopic (exact) mass is 521 g/mol. The Balaban J connectivity index is 1.09. The van der Waals surface area contributed by atoms with Crippen molar-refractivity contribution in [2.75, 3.05) is 39.8 Å². The molecule has 1 fully saturated rings. The summed E-state index contributed by atoms with van der Waals surface area (Å²) in [5.74, 6) is 0.545. The molecule has 6 rings (SSSR count). The van der Waals surface area contributed by atoms with E-state index in [-0.39, 0.29) is 11.6 Å². The topological polar surface area (TPSA) is 55.0 Å². The zero-order valence-corrected chi connectivity index (χ0v) is 22.4. The molecule has 7 heteroatoms. The summed E-state index contributed by atoms with van der Waals surface area (Å²) >= 11 is 0. The summed E-state index contributed by atoms with van der Waals surface area (Å²) in [6.07, 6.45) is 3.87. The highest BCUT2D eigenvalue weighted by atomic mass is 16.5. The van der Waals surface area contributed by atoms with Gasteiger partial charge in [0, 0.05) is 45.0 Å². The highest BCUT2D eigenvalue weighted by Gasteiger charge is 2.26. The number of hydrogen-bond donors (Lipinski definition) is 0. The van der Waals surface area contributed by atoms with E-state index in [2.05, 4.69) is 75.4 Å². The first-order valence-corrected chi connectivity index (χ1v) is 13.8. The highest BCUT2D eigenvalue weighted by Crippen LogP contribution is 2.29. The minimum atomic E-state index is 0.0287. The number of hydrogen-bond acceptors (Lipinski definition) is 5. The van der Waals surface area contributed by atoms with Crippen LogP contribution in [0.4, 0.5) is 0 Å². The summed E-state index contributed by atoms with van der Waals surface area (Å²) in [4.78, 5) is 23.1. The van der Waals surface area contributed by atoms with Crippen molar-refractivity contribution in [2.24, 2.45) is 0 Å². The maximum absolute atomic E-state index is 13.3. The van der Waals surface area contributed by atoms with Crippen molar-refractivity contribution in [1.29, 1.82) is 0 Å². The van der Waals surface area contributed by atoms with Gasteiger partial charge in [0.05, 0.1) is 18.7 Å². The number of methoxy groups -OCH3 is 1. The second-order valence-electron chi connectivity index (χ2n) is 10.2. The molecule has 2 aromatic carbocycles. The number of nitrogens with zero attached hydrogens (tertiary/aromatic N) is 5. The largest absolute Gasteiger partial charge is 0.481 e. The fourth-order valence-electron chi connectivity index (χ4n) is 5.87. The molecule has 0 spiro atoms. The van der Waals surface area contributed by atoms with Crippen LogP contribution in [-0.4, -0.2) is 63.6 Å². The summed E-state index contributed by atoms with van der Waals surface area (Å²) < 4.78 is 9.07. The third-order valence-corrected chi connectivity index (χ3v) is 7.88. The predicted molar refractivity (Wildman–Crippen MR) is 155 cm³/mol. The average molecular weight is 522 g/mol. The summed E-state index contributed by atoms with van der Waals surface area (Å²) in [7, 11) is 1.61. The molecule has 0 atom stereocenters. The Morgan fingerprint density at radius 2 is 1.44 bits per heavy atom. The predicted octanol–water partition coefficient (Wildman–Crippen LogP) is 4.85. The Bertz CT molecular complexity index is 1550. The highest BCUT2D eigenvalue weighted by molar-refractivity contribution is 5.75. The molecule has 0 aliphatic carbocycles. The van der Waals surface area contributed by atoms with Gasteiger partial charge in [-0.3, -0.25) is 14.1 Å². The van der Waals surface area contributed by atoms with Gasteiger partial charge in [-0.2, -0.15) is 4.98 Å². The Kier molecular flexibility index (Phi) is 7.43. The first-order valence-electron chi connectivity index (χ1n) is 13.8. The minimum Gasteiger partial charge on any atom is -0.481 e. The lowest BCUT2D eigenvalue weighted by Gasteiger charge is -2.40. The number of fused-ring (bicyclic) bond motifs is 3. The molecule has 1 saturated heterocycles. The molecule has 1 aliphatic rings. The van der Waals surface area contributed by atoms with E-state index >= 15 is 0 Å². The first-order chi connectivity index (χ1) is 19.2. The maximum atomic E-state index is 13.3. The number of aryl methyl sites for hydroxylation is 1. The lowest BCUT2D eigenvalue weighted by atomic mass is 9.96. The van der Waals surface area contributed by atoms with Crippen molar-refractivity contribution in [1.82, 2.24) is 23.8 Å². The van der Waals surface area contributed by atoms with Gasteiger partial charge in [-0.1, -0.05) is 60.7 Å². The lowest BCUT2D eigenvalue weighted by Crippen LogP contribution is -2.48. The lowest BCUT2D eigenvalue weighted by molar-refractivity contribution is 0.108. The van der Waals surface area contributed by atoms with Gasteiger partial charge in [0.25, 0.3) is 5.56 Å². The molecule has 0 bridgehead atoms. The molecule has 7 nitrogen and oxygen atoms in total. The normalized spacial score (nSPS) is 14.9. The van der Waals surface area contributed by atoms with E-state index in [1.807, 2.05) is 39.4 Å². The number of aromatic nitrogens is 3. The van der Waals surface area contributed by atoms with Crippen LogP contribution in [0.25, 0.3) is 16.7 Å². The third-order valence-electron chi connectivity index (χ3n) is 7.88. The molecule has 3 aromatic heterocycles. The van der Waals surface area contributed by atoms with Gasteiger partial charge in [-0.25, -0.2) is 0 Å². The van der Waals surface area contributed by atoms with E-state index in [0.717, 1.165) is 56.7 Å². The number of benzene rings is 2. The SMILES string of the molecule is COc1ccc2c(n1)n1cccc1c(=O)n2CCCCN1CCN(C(c2ccccc2)c2ccccc2)CC1. The first kappa shape index (κ1) is 25.3. The van der Waals surface area contributed by atoms with Crippen molar-refractivity contribution in [2.45, 2.75) is 25.4 Å². The smallest absolute Gasteiger partial charge is 0.275 e. The van der Waals surface area contributed by atoms with E-state index in [1.54, 1.807) is 7.11 Å². The van der Waals surface area contributed by atoms with E-state index in [4.69, 9.17) is 4.74 Å². The second-order valence-corrected chi connectivity index (χ2v) is 10.2. The van der Waals surface area contributed by atoms with Crippen LogP contribution >= 0.6 is 0 Å². The average Bonchev–Trinajstić information content (AvgIpc) is 3.49. The van der Waals surface area contributed by atoms with E-state index in [0.29, 0.717) is 17.9 Å². The summed E-state index contributed by atoms with van der Waals surface area (Å²) in [5.41, 5.74) is 4.96. The van der Waals surface area contributed by atoms with Crippen LogP contribution in [0.15, 0.2) is 95.9 Å². The summed E-state index contributed by atoms with van der Waals surface area (Å²) in [6, 6.07) is 29.5. The molecular formula is C32H35N5O2. The number of ether oxygens (including phenoxy) is 1. The van der Waals surface area contributed by atoms with Gasteiger partial charge in [-0.15, -0.1) is 0 Å². The van der Waals surface area contributed by atoms with Gasteiger partial charge >= 0.3 is 0 Å². The fraction of sp³-hybridized carbons (Fsp3) is 0.312. The molecule has 5 aromatic rings. The Morgan fingerprint density at radius 3 is 2.10 bits per heavy atom. The molecule has 0 unspecified atom stereocenters. The molecule has 0 saturated carbocycles. The van der Waals surface area contributed by atoms with Crippen molar-refractivity contribution < 1.29 is 4.74 Å². The number of pyridine rings is 1. The van der Waals surface area contributed by atoms with Gasteiger partial charge in [-0.05, 0) is 48.7 Å². The van der Waals surface area contributed by atoms with Crippen molar-refractivity contribution in [3.05, 3.63) is 113 Å². The van der Waals surface area contributed by atoms with Crippen molar-refractivity contribution in [3.63, 3.8) is 0 Å². The van der Waals surface area contributed by atoms with Crippen molar-refractivity contribution >= 4 is 16.7 Å². The number of rotatable bonds is 9. The number of unbranched alkanes of at least 4 members (excludes halogenated alkanes) is 1. The molecule has 1 aliphatic heterocycles. The Morgan fingerprint density at radius 1 is 0.769 bits per heavy atom. The molecular weight excluding hydrogens is 486 g/mol. The molecule has 200 valence electrons. The van der Waals surface area contributed by atoms with Crippen LogP contribution in [0.1, 0.15) is 30.0 Å². The Hall–Kier alpha value is -3.94. The molecule has 0 radical (unpaired) electrons. The summed E-state index contributed by atoms with van der Waals surface area (Å²) in [6.45, 7) is 5.90. The van der Waals surface area contributed by atoms with E-state index < -0.39 is 0 Å². The molecule has 0 amide bonds. The zero-order chi connectivity index (χ0) is 26.6.